The molecule has 6 aliphatic rings. The Hall–Kier alpha value is -5.66. The first-order chi connectivity index (χ1) is 29.0. The lowest BCUT2D eigenvalue weighted by Gasteiger charge is -2.38. The van der Waals surface area contributed by atoms with E-state index in [9.17, 15) is 24.0 Å². The Morgan fingerprint density at radius 3 is 2.35 bits per heavy atom. The molecule has 2 atom stereocenters. The van der Waals surface area contributed by atoms with E-state index in [-0.39, 0.29) is 58.8 Å². The molecule has 9 rings (SSSR count). The lowest BCUT2D eigenvalue weighted by Crippen LogP contribution is -2.54. The summed E-state index contributed by atoms with van der Waals surface area (Å²) in [6.07, 6.45) is 10.1. The number of hydrogen-bond donors (Lipinski definition) is 2. The average molecular weight is 838 g/mol. The zero-order chi connectivity index (χ0) is 41.7. The maximum Gasteiger partial charge on any atom is 0.271 e. The summed E-state index contributed by atoms with van der Waals surface area (Å²) in [5.74, 6) is -1.96. The number of likely N-dealkylation sites (tertiary alicyclic amines) is 1. The van der Waals surface area contributed by atoms with Gasteiger partial charge in [0.1, 0.15) is 35.2 Å². The summed E-state index contributed by atoms with van der Waals surface area (Å²) >= 11 is 6.15. The number of anilines is 2. The molecule has 1 aliphatic carbocycles. The number of benzene rings is 2. The van der Waals surface area contributed by atoms with Gasteiger partial charge in [-0.3, -0.25) is 39.1 Å². The molecule has 1 aromatic heterocycles. The molecule has 15 nitrogen and oxygen atoms in total. The third-order valence-corrected chi connectivity index (χ3v) is 13.6. The van der Waals surface area contributed by atoms with E-state index in [0.717, 1.165) is 94.3 Å². The fraction of sp³-hybridized carbons (Fsp3) is 0.488. The molecule has 0 radical (unpaired) electrons. The van der Waals surface area contributed by atoms with Crippen molar-refractivity contribution in [2.75, 3.05) is 49.1 Å². The van der Waals surface area contributed by atoms with Crippen LogP contribution in [-0.4, -0.2) is 113 Å². The van der Waals surface area contributed by atoms with Crippen molar-refractivity contribution in [2.45, 2.75) is 88.4 Å². The molecule has 2 aromatic carbocycles. The molecular formula is C43H45ClFN9O6. The van der Waals surface area contributed by atoms with Crippen molar-refractivity contribution in [3.63, 3.8) is 0 Å². The van der Waals surface area contributed by atoms with Crippen molar-refractivity contribution in [2.24, 2.45) is 5.41 Å². The van der Waals surface area contributed by atoms with Gasteiger partial charge >= 0.3 is 0 Å². The van der Waals surface area contributed by atoms with E-state index in [1.54, 1.807) is 30.6 Å². The van der Waals surface area contributed by atoms with Crippen LogP contribution in [0, 0.1) is 22.6 Å². The molecule has 0 bridgehead atoms. The molecule has 1 saturated carbocycles. The maximum atomic E-state index is 15.7. The number of amides is 5. The number of fused-ring (bicyclic) bond motifs is 1. The molecule has 5 fully saturated rings. The van der Waals surface area contributed by atoms with Gasteiger partial charge in [-0.25, -0.2) is 14.4 Å². The lowest BCUT2D eigenvalue weighted by atomic mass is 9.86. The number of halogens is 2. The number of nitrogens with zero attached hydrogens (tertiary/aromatic N) is 7. The second kappa shape index (κ2) is 16.1. The van der Waals surface area contributed by atoms with Crippen LogP contribution in [0.1, 0.15) is 101 Å². The monoisotopic (exact) mass is 837 g/mol. The van der Waals surface area contributed by atoms with Gasteiger partial charge in [-0.1, -0.05) is 11.6 Å². The van der Waals surface area contributed by atoms with Crippen LogP contribution < -0.4 is 25.2 Å². The van der Waals surface area contributed by atoms with Gasteiger partial charge in [-0.15, -0.1) is 0 Å². The number of hydrogen-bond acceptors (Lipinski definition) is 12. The quantitative estimate of drug-likeness (QED) is 0.309. The predicted molar refractivity (Wildman–Crippen MR) is 216 cm³/mol. The largest absolute Gasteiger partial charge is 0.490 e. The van der Waals surface area contributed by atoms with Crippen molar-refractivity contribution in [1.29, 1.82) is 5.26 Å². The molecular weight excluding hydrogens is 793 g/mol. The van der Waals surface area contributed by atoms with E-state index in [4.69, 9.17) is 21.6 Å². The SMILES string of the molecule is N#Cc1ccc(O[C@H]2CC[C@H](NC(=O)c3cnc(N4CCC(N5CCC6(CCN(c7cc8c(cc7F)C(=O)N(C7CCC(=O)NC7=O)C8=O)C6)C5)CC4)cn3)CC2)cc1Cl. The van der Waals surface area contributed by atoms with E-state index < -0.39 is 35.5 Å². The van der Waals surface area contributed by atoms with E-state index in [1.165, 1.54) is 6.07 Å². The molecule has 6 heterocycles. The highest BCUT2D eigenvalue weighted by Gasteiger charge is 2.48. The first-order valence-electron chi connectivity index (χ1n) is 20.8. The fourth-order valence-corrected chi connectivity index (χ4v) is 10.2. The van der Waals surface area contributed by atoms with Gasteiger partial charge in [0.15, 0.2) is 0 Å². The number of aromatic nitrogens is 2. The van der Waals surface area contributed by atoms with Crippen molar-refractivity contribution < 1.29 is 33.1 Å². The second-order valence-electron chi connectivity index (χ2n) is 17.0. The fourth-order valence-electron chi connectivity index (χ4n) is 9.98. The van der Waals surface area contributed by atoms with E-state index in [0.29, 0.717) is 35.5 Å². The van der Waals surface area contributed by atoms with Crippen molar-refractivity contribution >= 4 is 52.6 Å². The van der Waals surface area contributed by atoms with Gasteiger partial charge in [0, 0.05) is 62.7 Å². The van der Waals surface area contributed by atoms with Crippen LogP contribution >= 0.6 is 11.6 Å². The van der Waals surface area contributed by atoms with Crippen LogP contribution in [0.2, 0.25) is 5.02 Å². The highest BCUT2D eigenvalue weighted by Crippen LogP contribution is 2.44. The molecule has 1 spiro atoms. The predicted octanol–water partition coefficient (Wildman–Crippen LogP) is 4.23. The highest BCUT2D eigenvalue weighted by atomic mass is 35.5. The molecule has 5 aliphatic heterocycles. The van der Waals surface area contributed by atoms with E-state index in [1.807, 2.05) is 11.0 Å². The van der Waals surface area contributed by atoms with Crippen LogP contribution in [0.25, 0.3) is 0 Å². The number of ether oxygens (including phenoxy) is 1. The number of rotatable bonds is 8. The van der Waals surface area contributed by atoms with Crippen LogP contribution in [0.4, 0.5) is 15.9 Å². The Kier molecular flexibility index (Phi) is 10.7. The summed E-state index contributed by atoms with van der Waals surface area (Å²) in [6, 6.07) is 8.99. The molecule has 2 N–H and O–H groups in total. The van der Waals surface area contributed by atoms with E-state index in [2.05, 4.69) is 30.4 Å². The summed E-state index contributed by atoms with van der Waals surface area (Å²) in [7, 11) is 0. The summed E-state index contributed by atoms with van der Waals surface area (Å²) in [6.45, 7) is 4.72. The van der Waals surface area contributed by atoms with Crippen LogP contribution in [-0.2, 0) is 9.59 Å². The number of carbonyl (C=O) groups excluding carboxylic acids is 5. The number of piperidine rings is 2. The van der Waals surface area contributed by atoms with Crippen LogP contribution in [0.5, 0.6) is 5.75 Å². The Labute approximate surface area is 351 Å². The van der Waals surface area contributed by atoms with Gasteiger partial charge in [-0.05, 0) is 88.6 Å². The Bertz CT molecular complexity index is 2290. The van der Waals surface area contributed by atoms with Gasteiger partial charge in [0.05, 0.1) is 45.9 Å². The standard InChI is InChI=1S/C43H45ClFN9O6/c44-32-17-29(4-1-25(32)20-46)60-28-5-2-26(3-6-28)49-39(56)34-21-48-37(22-47-34)51-13-9-27(10-14-51)52-15-11-43(23-52)12-16-53(24-43)36-19-31-30(18-33(36)45)41(58)54(42(31)59)35-7-8-38(55)50-40(35)57/h1,4,17-19,21-22,26-28,35H,2-3,5-16,23-24H2,(H,49,56)(H,50,55,57)/t26-,28-,35?,43?. The normalized spacial score (nSPS) is 26.1. The first-order valence-corrected chi connectivity index (χ1v) is 21.1. The maximum absolute atomic E-state index is 15.7. The zero-order valence-corrected chi connectivity index (χ0v) is 33.8. The minimum atomic E-state index is -1.10. The summed E-state index contributed by atoms with van der Waals surface area (Å²) in [4.78, 5) is 80.5. The van der Waals surface area contributed by atoms with E-state index >= 15 is 4.39 Å². The zero-order valence-electron chi connectivity index (χ0n) is 33.0. The van der Waals surface area contributed by atoms with Crippen molar-refractivity contribution in [1.82, 2.24) is 30.4 Å². The Morgan fingerprint density at radius 1 is 0.900 bits per heavy atom. The minimum Gasteiger partial charge on any atom is -0.490 e. The third kappa shape index (κ3) is 7.64. The molecule has 17 heteroatoms. The first kappa shape index (κ1) is 39.8. The molecule has 2 unspecified atom stereocenters. The minimum absolute atomic E-state index is 0.00477. The summed E-state index contributed by atoms with van der Waals surface area (Å²) < 4.78 is 21.7. The number of imide groups is 2. The van der Waals surface area contributed by atoms with Gasteiger partial charge < -0.3 is 19.9 Å². The Balaban J connectivity index is 0.737. The summed E-state index contributed by atoms with van der Waals surface area (Å²) in [5.41, 5.74) is 0.978. The topological polar surface area (TPSA) is 181 Å². The lowest BCUT2D eigenvalue weighted by molar-refractivity contribution is -0.136. The molecule has 312 valence electrons. The van der Waals surface area contributed by atoms with Gasteiger partial charge in [0.2, 0.25) is 11.8 Å². The highest BCUT2D eigenvalue weighted by molar-refractivity contribution is 6.31. The average Bonchev–Trinajstić information content (AvgIpc) is 3.93. The molecule has 3 aromatic rings. The Morgan fingerprint density at radius 2 is 1.65 bits per heavy atom. The molecule has 5 amide bonds. The molecule has 60 heavy (non-hydrogen) atoms. The third-order valence-electron chi connectivity index (χ3n) is 13.3. The molecule has 4 saturated heterocycles. The van der Waals surface area contributed by atoms with Crippen molar-refractivity contribution in [3.8, 4) is 11.8 Å². The van der Waals surface area contributed by atoms with Gasteiger partial charge in [-0.2, -0.15) is 5.26 Å². The van der Waals surface area contributed by atoms with Crippen LogP contribution in [0.3, 0.4) is 0 Å². The second-order valence-corrected chi connectivity index (χ2v) is 17.4. The number of nitrogens with one attached hydrogen (secondary N) is 2. The van der Waals surface area contributed by atoms with Gasteiger partial charge in [0.25, 0.3) is 17.7 Å². The summed E-state index contributed by atoms with van der Waals surface area (Å²) in [5, 5.41) is 14.8. The van der Waals surface area contributed by atoms with Crippen molar-refractivity contribution in [3.05, 3.63) is 75.9 Å². The van der Waals surface area contributed by atoms with Crippen LogP contribution in [0.15, 0.2) is 42.7 Å². The smallest absolute Gasteiger partial charge is 0.271 e. The number of nitriles is 1. The number of carbonyl (C=O) groups is 5.